The second-order valence-electron chi connectivity index (χ2n) is 6.78. The van der Waals surface area contributed by atoms with E-state index < -0.39 is 0 Å². The molecular weight excluding hydrogens is 290 g/mol. The van der Waals surface area contributed by atoms with Crippen molar-refractivity contribution in [1.82, 2.24) is 4.98 Å². The normalized spacial score (nSPS) is 25.7. The van der Waals surface area contributed by atoms with Crippen LogP contribution < -0.4 is 0 Å². The van der Waals surface area contributed by atoms with Gasteiger partial charge in [0.2, 0.25) is 5.89 Å². The molecule has 120 valence electrons. The zero-order chi connectivity index (χ0) is 15.6. The van der Waals surface area contributed by atoms with Crippen LogP contribution in [0.25, 0.3) is 11.3 Å². The Morgan fingerprint density at radius 1 is 1.22 bits per heavy atom. The molecule has 2 fully saturated rings. The van der Waals surface area contributed by atoms with Crippen LogP contribution in [0.3, 0.4) is 0 Å². The summed E-state index contributed by atoms with van der Waals surface area (Å²) in [5.41, 5.74) is 0.972. The van der Waals surface area contributed by atoms with E-state index in [1.54, 1.807) is 6.20 Å². The zero-order valence-electron chi connectivity index (χ0n) is 13.1. The van der Waals surface area contributed by atoms with Crippen LogP contribution in [0.2, 0.25) is 0 Å². The van der Waals surface area contributed by atoms with Crippen LogP contribution in [-0.4, -0.2) is 11.0 Å². The molecule has 1 aromatic heterocycles. The molecule has 4 rings (SSSR count). The standard InChI is InChI=1S/C19H21NO3/c21-19(10-16-9-13-6-7-15(16)8-13)22-12-18-20-11-17(23-18)14-4-2-1-3-5-14/h1-5,11,13,15-16H,6-10,12H2/t13-,15+,16-/m0/s1. The number of oxazole rings is 1. The minimum Gasteiger partial charge on any atom is -0.456 e. The van der Waals surface area contributed by atoms with E-state index in [0.29, 0.717) is 24.0 Å². The first-order chi connectivity index (χ1) is 11.3. The number of hydrogen-bond acceptors (Lipinski definition) is 4. The number of carbonyl (C=O) groups excluding carboxylic acids is 1. The average molecular weight is 311 g/mol. The SMILES string of the molecule is O=C(C[C@@H]1C[C@H]2CC[C@@H]1C2)OCc1ncc(-c2ccccc2)o1. The molecule has 2 bridgehead atoms. The molecule has 1 aromatic carbocycles. The Hall–Kier alpha value is -2.10. The van der Waals surface area contributed by atoms with Crippen molar-refractivity contribution < 1.29 is 13.9 Å². The van der Waals surface area contributed by atoms with Crippen molar-refractivity contribution in [2.24, 2.45) is 17.8 Å². The topological polar surface area (TPSA) is 52.3 Å². The maximum Gasteiger partial charge on any atom is 0.306 e. The summed E-state index contributed by atoms with van der Waals surface area (Å²) in [5.74, 6) is 3.17. The minimum atomic E-state index is -0.123. The molecule has 0 unspecified atom stereocenters. The fourth-order valence-electron chi connectivity index (χ4n) is 4.15. The van der Waals surface area contributed by atoms with Crippen LogP contribution in [0.5, 0.6) is 0 Å². The minimum absolute atomic E-state index is 0.118. The first-order valence-corrected chi connectivity index (χ1v) is 8.43. The molecule has 2 aliphatic carbocycles. The van der Waals surface area contributed by atoms with Crippen molar-refractivity contribution in [1.29, 1.82) is 0 Å². The lowest BCUT2D eigenvalue weighted by Crippen LogP contribution is -2.16. The lowest BCUT2D eigenvalue weighted by atomic mass is 9.86. The lowest BCUT2D eigenvalue weighted by molar-refractivity contribution is -0.147. The number of benzene rings is 1. The summed E-state index contributed by atoms with van der Waals surface area (Å²) in [5, 5.41) is 0. The largest absolute Gasteiger partial charge is 0.456 e. The average Bonchev–Trinajstić information content (AvgIpc) is 3.30. The van der Waals surface area contributed by atoms with Gasteiger partial charge < -0.3 is 9.15 Å². The van der Waals surface area contributed by atoms with Gasteiger partial charge in [-0.05, 0) is 37.0 Å². The first kappa shape index (κ1) is 14.5. The van der Waals surface area contributed by atoms with E-state index in [-0.39, 0.29) is 12.6 Å². The van der Waals surface area contributed by atoms with Gasteiger partial charge in [-0.1, -0.05) is 36.8 Å². The van der Waals surface area contributed by atoms with E-state index >= 15 is 0 Å². The predicted octanol–water partition coefficient (Wildman–Crippen LogP) is 4.21. The van der Waals surface area contributed by atoms with Crippen molar-refractivity contribution in [3.63, 3.8) is 0 Å². The highest BCUT2D eigenvalue weighted by atomic mass is 16.5. The van der Waals surface area contributed by atoms with Gasteiger partial charge in [-0.15, -0.1) is 0 Å². The molecule has 0 amide bonds. The summed E-state index contributed by atoms with van der Waals surface area (Å²) in [6.45, 7) is 0.118. The van der Waals surface area contributed by atoms with Crippen molar-refractivity contribution in [3.8, 4) is 11.3 Å². The molecule has 23 heavy (non-hydrogen) atoms. The number of carbonyl (C=O) groups is 1. The summed E-state index contributed by atoms with van der Waals surface area (Å²) >= 11 is 0. The Morgan fingerprint density at radius 2 is 2.09 bits per heavy atom. The maximum absolute atomic E-state index is 12.0. The quantitative estimate of drug-likeness (QED) is 0.776. The van der Waals surface area contributed by atoms with Crippen LogP contribution >= 0.6 is 0 Å². The predicted molar refractivity (Wildman–Crippen MR) is 85.3 cm³/mol. The second-order valence-corrected chi connectivity index (χ2v) is 6.78. The van der Waals surface area contributed by atoms with Crippen LogP contribution in [0, 0.1) is 17.8 Å². The number of fused-ring (bicyclic) bond motifs is 2. The number of ether oxygens (including phenoxy) is 1. The molecule has 1 heterocycles. The Bertz CT molecular complexity index is 679. The Kier molecular flexibility index (Phi) is 3.90. The van der Waals surface area contributed by atoms with E-state index in [1.807, 2.05) is 30.3 Å². The number of nitrogens with zero attached hydrogens (tertiary/aromatic N) is 1. The summed E-state index contributed by atoms with van der Waals surface area (Å²) in [7, 11) is 0. The number of rotatable bonds is 5. The van der Waals surface area contributed by atoms with Gasteiger partial charge in [0.25, 0.3) is 0 Å². The van der Waals surface area contributed by atoms with Crippen LogP contribution in [0.15, 0.2) is 40.9 Å². The van der Waals surface area contributed by atoms with Gasteiger partial charge in [0.15, 0.2) is 12.4 Å². The highest BCUT2D eigenvalue weighted by Crippen LogP contribution is 2.49. The van der Waals surface area contributed by atoms with Crippen molar-refractivity contribution in [2.75, 3.05) is 0 Å². The van der Waals surface area contributed by atoms with Gasteiger partial charge in [-0.2, -0.15) is 0 Å². The molecule has 2 aromatic rings. The molecule has 0 saturated heterocycles. The number of hydrogen-bond donors (Lipinski definition) is 0. The van der Waals surface area contributed by atoms with E-state index in [4.69, 9.17) is 9.15 Å². The highest BCUT2D eigenvalue weighted by Gasteiger charge is 2.40. The van der Waals surface area contributed by atoms with Crippen molar-refractivity contribution >= 4 is 5.97 Å². The molecular formula is C19H21NO3. The molecule has 0 radical (unpaired) electrons. The highest BCUT2D eigenvalue weighted by molar-refractivity contribution is 5.69. The number of aromatic nitrogens is 1. The molecule has 2 saturated carbocycles. The summed E-state index contributed by atoms with van der Waals surface area (Å²) in [4.78, 5) is 16.2. The monoisotopic (exact) mass is 311 g/mol. The smallest absolute Gasteiger partial charge is 0.306 e. The van der Waals surface area contributed by atoms with E-state index in [0.717, 1.165) is 17.4 Å². The third-order valence-electron chi connectivity index (χ3n) is 5.28. The van der Waals surface area contributed by atoms with E-state index in [2.05, 4.69) is 4.98 Å². The molecule has 0 spiro atoms. The summed E-state index contributed by atoms with van der Waals surface area (Å²) < 4.78 is 11.0. The van der Waals surface area contributed by atoms with Gasteiger partial charge in [-0.25, -0.2) is 4.98 Å². The Labute approximate surface area is 135 Å². The molecule has 2 aliphatic rings. The molecule has 0 N–H and O–H groups in total. The third kappa shape index (κ3) is 3.16. The van der Waals surface area contributed by atoms with Gasteiger partial charge in [-0.3, -0.25) is 4.79 Å². The molecule has 4 heteroatoms. The van der Waals surface area contributed by atoms with Gasteiger partial charge in [0, 0.05) is 12.0 Å². The number of esters is 1. The van der Waals surface area contributed by atoms with Gasteiger partial charge in [0.1, 0.15) is 0 Å². The van der Waals surface area contributed by atoms with E-state index in [1.165, 1.54) is 25.7 Å². The first-order valence-electron chi connectivity index (χ1n) is 8.43. The van der Waals surface area contributed by atoms with E-state index in [9.17, 15) is 4.79 Å². The van der Waals surface area contributed by atoms with Crippen LogP contribution in [0.1, 0.15) is 38.0 Å². The van der Waals surface area contributed by atoms with Gasteiger partial charge in [0.05, 0.1) is 6.20 Å². The maximum atomic E-state index is 12.0. The summed E-state index contributed by atoms with van der Waals surface area (Å²) in [6.07, 6.45) is 7.40. The fourth-order valence-corrected chi connectivity index (χ4v) is 4.15. The van der Waals surface area contributed by atoms with Crippen molar-refractivity contribution in [3.05, 3.63) is 42.4 Å². The van der Waals surface area contributed by atoms with Crippen molar-refractivity contribution in [2.45, 2.75) is 38.7 Å². The fraction of sp³-hybridized carbons (Fsp3) is 0.474. The second kappa shape index (κ2) is 6.19. The molecule has 3 atom stereocenters. The van der Waals surface area contributed by atoms with Gasteiger partial charge >= 0.3 is 5.97 Å². The molecule has 0 aliphatic heterocycles. The Morgan fingerprint density at radius 3 is 2.83 bits per heavy atom. The van der Waals surface area contributed by atoms with Crippen LogP contribution in [-0.2, 0) is 16.1 Å². The Balaban J connectivity index is 1.29. The zero-order valence-corrected chi connectivity index (χ0v) is 13.1. The third-order valence-corrected chi connectivity index (χ3v) is 5.28. The van der Waals surface area contributed by atoms with Crippen LogP contribution in [0.4, 0.5) is 0 Å². The molecule has 4 nitrogen and oxygen atoms in total. The summed E-state index contributed by atoms with van der Waals surface area (Å²) in [6, 6.07) is 9.79. The lowest BCUT2D eigenvalue weighted by Gasteiger charge is -2.20.